The van der Waals surface area contributed by atoms with E-state index in [9.17, 15) is 9.59 Å². The fourth-order valence-electron chi connectivity index (χ4n) is 0.987. The molecule has 0 radical (unpaired) electrons. The number of rotatable bonds is 6. The van der Waals surface area contributed by atoms with Crippen molar-refractivity contribution >= 4 is 11.9 Å². The van der Waals surface area contributed by atoms with Gasteiger partial charge in [0.15, 0.2) is 0 Å². The van der Waals surface area contributed by atoms with E-state index in [1.54, 1.807) is 0 Å². The van der Waals surface area contributed by atoms with Crippen molar-refractivity contribution < 1.29 is 19.1 Å². The molecule has 0 spiro atoms. The Kier molecular flexibility index (Phi) is 6.64. The van der Waals surface area contributed by atoms with Crippen LogP contribution in [-0.2, 0) is 19.1 Å². The van der Waals surface area contributed by atoms with Gasteiger partial charge in [0, 0.05) is 20.8 Å². The molecule has 0 aromatic heterocycles. The third kappa shape index (κ3) is 5.34. The average Bonchev–Trinajstić information content (AvgIpc) is 2.24. The van der Waals surface area contributed by atoms with Crippen LogP contribution in [0.2, 0.25) is 0 Å². The lowest BCUT2D eigenvalue weighted by Crippen LogP contribution is -2.44. The molecule has 0 aromatic carbocycles. The number of hydrogen-bond acceptors (Lipinski definition) is 5. The molecule has 0 saturated carbocycles. The van der Waals surface area contributed by atoms with Crippen molar-refractivity contribution in [2.24, 2.45) is 5.73 Å². The molecule has 0 heterocycles. The van der Waals surface area contributed by atoms with Gasteiger partial charge in [-0.3, -0.25) is 9.59 Å². The first-order chi connectivity index (χ1) is 7.02. The van der Waals surface area contributed by atoms with Crippen LogP contribution >= 0.6 is 0 Å². The Morgan fingerprint density at radius 1 is 1.40 bits per heavy atom. The van der Waals surface area contributed by atoms with E-state index in [4.69, 9.17) is 10.5 Å². The normalized spacial score (nSPS) is 12.0. The Hall–Kier alpha value is -1.14. The Morgan fingerprint density at radius 3 is 2.47 bits per heavy atom. The van der Waals surface area contributed by atoms with Crippen molar-refractivity contribution in [3.05, 3.63) is 0 Å². The van der Waals surface area contributed by atoms with Gasteiger partial charge in [0.2, 0.25) is 5.91 Å². The van der Waals surface area contributed by atoms with Crippen LogP contribution in [0.4, 0.5) is 0 Å². The summed E-state index contributed by atoms with van der Waals surface area (Å²) in [6.45, 7) is 0.328. The van der Waals surface area contributed by atoms with Crippen LogP contribution in [0.25, 0.3) is 0 Å². The lowest BCUT2D eigenvalue weighted by atomic mass is 10.2. The summed E-state index contributed by atoms with van der Waals surface area (Å²) in [5, 5.41) is 0. The largest absolute Gasteiger partial charge is 0.468 e. The number of amides is 1. The number of nitrogens with zero attached hydrogens (tertiary/aromatic N) is 1. The van der Waals surface area contributed by atoms with Gasteiger partial charge in [-0.25, -0.2) is 0 Å². The second-order valence-corrected chi connectivity index (χ2v) is 3.16. The van der Waals surface area contributed by atoms with Crippen molar-refractivity contribution in [2.45, 2.75) is 12.5 Å². The smallest absolute Gasteiger partial charge is 0.325 e. The Morgan fingerprint density at radius 2 is 2.00 bits per heavy atom. The molecule has 0 fully saturated rings. The summed E-state index contributed by atoms with van der Waals surface area (Å²) in [5.74, 6) is -0.762. The summed E-state index contributed by atoms with van der Waals surface area (Å²) < 4.78 is 9.24. The van der Waals surface area contributed by atoms with Crippen LogP contribution in [0, 0.1) is 0 Å². The van der Waals surface area contributed by atoms with E-state index in [1.165, 1.54) is 26.2 Å². The maximum atomic E-state index is 11.5. The highest BCUT2D eigenvalue weighted by Gasteiger charge is 2.19. The molecule has 88 valence electrons. The summed E-state index contributed by atoms with van der Waals surface area (Å²) in [7, 11) is 4.31. The SMILES string of the molecule is COCCC(N)C(=O)N(C)CC(=O)OC. The summed E-state index contributed by atoms with van der Waals surface area (Å²) in [6, 6.07) is -0.639. The third-order valence-corrected chi connectivity index (χ3v) is 1.92. The molecule has 2 N–H and O–H groups in total. The zero-order valence-electron chi connectivity index (χ0n) is 9.36. The molecule has 1 amide bonds. The van der Waals surface area contributed by atoms with Gasteiger partial charge in [0.25, 0.3) is 0 Å². The molecule has 0 bridgehead atoms. The van der Waals surface area contributed by atoms with E-state index in [2.05, 4.69) is 4.74 Å². The number of hydrogen-bond donors (Lipinski definition) is 1. The predicted molar refractivity (Wildman–Crippen MR) is 54.1 cm³/mol. The maximum Gasteiger partial charge on any atom is 0.325 e. The number of esters is 1. The van der Waals surface area contributed by atoms with E-state index in [-0.39, 0.29) is 12.5 Å². The molecule has 0 aliphatic rings. The molecule has 15 heavy (non-hydrogen) atoms. The van der Waals surface area contributed by atoms with Crippen LogP contribution in [0.5, 0.6) is 0 Å². The van der Waals surface area contributed by atoms with Gasteiger partial charge in [-0.15, -0.1) is 0 Å². The number of likely N-dealkylation sites (N-methyl/N-ethyl adjacent to an activating group) is 1. The predicted octanol–water partition coefficient (Wildman–Crippen LogP) is -1.02. The van der Waals surface area contributed by atoms with Gasteiger partial charge >= 0.3 is 5.97 Å². The lowest BCUT2D eigenvalue weighted by Gasteiger charge is -2.19. The van der Waals surface area contributed by atoms with Crippen LogP contribution in [0.15, 0.2) is 0 Å². The van der Waals surface area contributed by atoms with Crippen molar-refractivity contribution in [3.8, 4) is 0 Å². The number of ether oxygens (including phenoxy) is 2. The summed E-state index contributed by atoms with van der Waals surface area (Å²) in [5.41, 5.74) is 5.60. The zero-order chi connectivity index (χ0) is 11.8. The van der Waals surface area contributed by atoms with E-state index in [0.29, 0.717) is 13.0 Å². The minimum Gasteiger partial charge on any atom is -0.468 e. The third-order valence-electron chi connectivity index (χ3n) is 1.92. The van der Waals surface area contributed by atoms with Crippen molar-refractivity contribution in [1.29, 1.82) is 0 Å². The number of carbonyl (C=O) groups excluding carboxylic acids is 2. The fourth-order valence-corrected chi connectivity index (χ4v) is 0.987. The molecular formula is C9H18N2O4. The minimum absolute atomic E-state index is 0.0873. The van der Waals surface area contributed by atoms with Gasteiger partial charge in [0.05, 0.1) is 13.2 Å². The van der Waals surface area contributed by atoms with Crippen molar-refractivity contribution in [3.63, 3.8) is 0 Å². The standard InChI is InChI=1S/C9H18N2O4/c1-11(6-8(12)15-3)9(13)7(10)4-5-14-2/h7H,4-6,10H2,1-3H3. The first-order valence-corrected chi connectivity index (χ1v) is 4.59. The van der Waals surface area contributed by atoms with Gasteiger partial charge in [-0.05, 0) is 6.42 Å². The molecule has 1 atom stereocenters. The summed E-state index contributed by atoms with van der Waals surface area (Å²) >= 11 is 0. The molecule has 6 nitrogen and oxygen atoms in total. The second kappa shape index (κ2) is 7.19. The number of methoxy groups -OCH3 is 2. The van der Waals surface area contributed by atoms with E-state index in [1.807, 2.05) is 0 Å². The molecule has 0 aromatic rings. The Balaban J connectivity index is 4.01. The van der Waals surface area contributed by atoms with Gasteiger partial charge < -0.3 is 20.1 Å². The second-order valence-electron chi connectivity index (χ2n) is 3.16. The fraction of sp³-hybridized carbons (Fsp3) is 0.778. The van der Waals surface area contributed by atoms with Crippen LogP contribution in [-0.4, -0.2) is 57.2 Å². The minimum atomic E-state index is -0.639. The quantitative estimate of drug-likeness (QED) is 0.577. The van der Waals surface area contributed by atoms with Crippen LogP contribution < -0.4 is 5.73 Å². The number of nitrogens with two attached hydrogens (primary N) is 1. The first kappa shape index (κ1) is 13.9. The molecule has 6 heteroatoms. The molecule has 0 aliphatic carbocycles. The molecule has 1 unspecified atom stereocenters. The molecular weight excluding hydrogens is 200 g/mol. The summed E-state index contributed by atoms with van der Waals surface area (Å²) in [6.07, 6.45) is 0.431. The van der Waals surface area contributed by atoms with Crippen molar-refractivity contribution in [1.82, 2.24) is 4.90 Å². The summed E-state index contributed by atoms with van der Waals surface area (Å²) in [4.78, 5) is 23.7. The Bertz CT molecular complexity index is 220. The highest BCUT2D eigenvalue weighted by Crippen LogP contribution is 1.95. The number of carbonyl (C=O) groups is 2. The van der Waals surface area contributed by atoms with Gasteiger partial charge in [-0.2, -0.15) is 0 Å². The van der Waals surface area contributed by atoms with Gasteiger partial charge in [0.1, 0.15) is 6.54 Å². The first-order valence-electron chi connectivity index (χ1n) is 4.59. The topological polar surface area (TPSA) is 81.9 Å². The molecule has 0 rings (SSSR count). The van der Waals surface area contributed by atoms with Crippen molar-refractivity contribution in [2.75, 3.05) is 34.4 Å². The highest BCUT2D eigenvalue weighted by molar-refractivity contribution is 5.85. The monoisotopic (exact) mass is 218 g/mol. The van der Waals surface area contributed by atoms with E-state index < -0.39 is 12.0 Å². The van der Waals surface area contributed by atoms with E-state index in [0.717, 1.165) is 0 Å². The van der Waals surface area contributed by atoms with Crippen LogP contribution in [0.3, 0.4) is 0 Å². The highest BCUT2D eigenvalue weighted by atomic mass is 16.5. The molecule has 0 aliphatic heterocycles. The Labute approximate surface area is 89.3 Å². The molecule has 0 saturated heterocycles. The zero-order valence-corrected chi connectivity index (χ0v) is 9.36. The van der Waals surface area contributed by atoms with E-state index >= 15 is 0 Å². The lowest BCUT2D eigenvalue weighted by molar-refractivity contribution is -0.146. The average molecular weight is 218 g/mol. The van der Waals surface area contributed by atoms with Crippen LogP contribution in [0.1, 0.15) is 6.42 Å². The van der Waals surface area contributed by atoms with Gasteiger partial charge in [-0.1, -0.05) is 0 Å². The maximum absolute atomic E-state index is 11.5.